The molecule has 3 N–H and O–H groups in total. The van der Waals surface area contributed by atoms with Gasteiger partial charge in [0.2, 0.25) is 0 Å². The molecule has 1 saturated heterocycles. The number of carbonyl (C=O) groups excluding carboxylic acids is 2. The number of likely N-dealkylation sites (tertiary alicyclic amines) is 1. The smallest absolute Gasteiger partial charge is 0.352 e. The zero-order chi connectivity index (χ0) is 22.1. The van der Waals surface area contributed by atoms with E-state index in [2.05, 4.69) is 10.4 Å². The Morgan fingerprint density at radius 3 is 2.53 bits per heavy atom. The number of nitrogens with one attached hydrogen (secondary N) is 1. The summed E-state index contributed by atoms with van der Waals surface area (Å²) in [5, 5.41) is 25.4. The fraction of sp³-hybridized carbons (Fsp3) is 0.421. The van der Waals surface area contributed by atoms with Gasteiger partial charge in [-0.15, -0.1) is 0 Å². The summed E-state index contributed by atoms with van der Waals surface area (Å²) in [4.78, 5) is 25.5. The number of aliphatic hydroxyl groups excluding tert-OH is 1. The summed E-state index contributed by atoms with van der Waals surface area (Å²) >= 11 is 0. The van der Waals surface area contributed by atoms with E-state index in [1.54, 1.807) is 7.05 Å². The molecule has 0 atom stereocenters. The number of aromatic nitrogens is 2. The van der Waals surface area contributed by atoms with Crippen LogP contribution in [-0.2, 0) is 17.8 Å². The zero-order valence-corrected chi connectivity index (χ0v) is 16.1. The van der Waals surface area contributed by atoms with Gasteiger partial charge in [-0.1, -0.05) is 0 Å². The number of hydrogen-bond acceptors (Lipinski definition) is 5. The van der Waals surface area contributed by atoms with E-state index in [4.69, 9.17) is 5.11 Å². The fourth-order valence-corrected chi connectivity index (χ4v) is 3.19. The third kappa shape index (κ3) is 4.31. The van der Waals surface area contributed by atoms with Crippen LogP contribution in [0.25, 0.3) is 0 Å². The summed E-state index contributed by atoms with van der Waals surface area (Å²) in [5.41, 5.74) is -2.58. The fourth-order valence-electron chi connectivity index (χ4n) is 3.19. The summed E-state index contributed by atoms with van der Waals surface area (Å²) in [6.45, 7) is -0.975. The summed E-state index contributed by atoms with van der Waals surface area (Å²) < 4.78 is 45.3. The second kappa shape index (κ2) is 8.07. The summed E-state index contributed by atoms with van der Waals surface area (Å²) in [6, 6.07) is 2.38. The molecule has 3 rings (SSSR count). The predicted molar refractivity (Wildman–Crippen MR) is 99.3 cm³/mol. The van der Waals surface area contributed by atoms with Crippen molar-refractivity contribution in [1.29, 1.82) is 0 Å². The number of rotatable bonds is 5. The van der Waals surface area contributed by atoms with Gasteiger partial charge in [0, 0.05) is 31.9 Å². The molecule has 1 aliphatic rings. The van der Waals surface area contributed by atoms with Gasteiger partial charge >= 0.3 is 5.92 Å². The quantitative estimate of drug-likeness (QED) is 0.667. The van der Waals surface area contributed by atoms with Crippen LogP contribution in [0.4, 0.5) is 18.9 Å². The molecule has 11 heteroatoms. The minimum Gasteiger partial charge on any atom is -0.393 e. The maximum Gasteiger partial charge on any atom is 0.352 e. The van der Waals surface area contributed by atoms with Crippen molar-refractivity contribution in [2.45, 2.75) is 24.4 Å². The van der Waals surface area contributed by atoms with E-state index in [1.807, 2.05) is 0 Å². The maximum absolute atomic E-state index is 14.9. The Bertz CT molecular complexity index is 955. The van der Waals surface area contributed by atoms with Crippen LogP contribution in [0.1, 0.15) is 28.8 Å². The lowest BCUT2D eigenvalue weighted by Gasteiger charge is -2.38. The minimum atomic E-state index is -4.22. The molecule has 0 spiro atoms. The molecular formula is C19H21F3N4O4. The van der Waals surface area contributed by atoms with Crippen molar-refractivity contribution in [2.75, 3.05) is 25.0 Å². The number of alkyl halides is 2. The second-order valence-electron chi connectivity index (χ2n) is 7.30. The summed E-state index contributed by atoms with van der Waals surface area (Å²) in [7, 11) is 1.62. The SMILES string of the molecule is Cn1cc(NC(=O)c2ccc(F)c(C(F)(F)C(=O)N3CCC(O)(CO)CC3)c2)cn1. The average Bonchev–Trinajstić information content (AvgIpc) is 3.12. The van der Waals surface area contributed by atoms with Crippen molar-refractivity contribution in [3.05, 3.63) is 47.5 Å². The first-order valence-electron chi connectivity index (χ1n) is 9.16. The molecule has 2 aromatic rings. The van der Waals surface area contributed by atoms with Gasteiger partial charge in [0.25, 0.3) is 11.8 Å². The first-order valence-corrected chi connectivity index (χ1v) is 9.16. The molecule has 2 heterocycles. The lowest BCUT2D eigenvalue weighted by molar-refractivity contribution is -0.164. The monoisotopic (exact) mass is 426 g/mol. The number of nitrogens with zero attached hydrogens (tertiary/aromatic N) is 3. The molecule has 0 bridgehead atoms. The number of benzene rings is 1. The minimum absolute atomic E-state index is 0.0820. The molecule has 8 nitrogen and oxygen atoms in total. The summed E-state index contributed by atoms with van der Waals surface area (Å²) in [6.07, 6.45) is 2.68. The zero-order valence-electron chi connectivity index (χ0n) is 16.1. The molecule has 0 aliphatic carbocycles. The van der Waals surface area contributed by atoms with Gasteiger partial charge < -0.3 is 20.4 Å². The molecule has 0 unspecified atom stereocenters. The van der Waals surface area contributed by atoms with Crippen molar-refractivity contribution < 1.29 is 33.0 Å². The van der Waals surface area contributed by atoms with Crippen LogP contribution in [0.15, 0.2) is 30.6 Å². The highest BCUT2D eigenvalue weighted by Crippen LogP contribution is 2.35. The van der Waals surface area contributed by atoms with E-state index in [0.717, 1.165) is 11.0 Å². The first-order chi connectivity index (χ1) is 14.1. The van der Waals surface area contributed by atoms with Crippen molar-refractivity contribution in [1.82, 2.24) is 14.7 Å². The number of piperidine rings is 1. The first kappa shape index (κ1) is 21.8. The Labute approximate surface area is 169 Å². The van der Waals surface area contributed by atoms with E-state index in [1.165, 1.54) is 17.1 Å². The predicted octanol–water partition coefficient (Wildman–Crippen LogP) is 1.25. The molecular weight excluding hydrogens is 405 g/mol. The highest BCUT2D eigenvalue weighted by Gasteiger charge is 2.48. The molecule has 0 saturated carbocycles. The van der Waals surface area contributed by atoms with Gasteiger partial charge in [-0.05, 0) is 31.0 Å². The Morgan fingerprint density at radius 1 is 1.30 bits per heavy atom. The van der Waals surface area contributed by atoms with Crippen molar-refractivity contribution in [3.8, 4) is 0 Å². The van der Waals surface area contributed by atoms with Crippen LogP contribution in [0.3, 0.4) is 0 Å². The van der Waals surface area contributed by atoms with Crippen LogP contribution in [0.2, 0.25) is 0 Å². The van der Waals surface area contributed by atoms with Gasteiger partial charge in [0.15, 0.2) is 0 Å². The number of hydrogen-bond donors (Lipinski definition) is 3. The number of amides is 2. The maximum atomic E-state index is 14.9. The highest BCUT2D eigenvalue weighted by atomic mass is 19.3. The second-order valence-corrected chi connectivity index (χ2v) is 7.30. The van der Waals surface area contributed by atoms with Crippen LogP contribution in [-0.4, -0.2) is 62.0 Å². The Balaban J connectivity index is 1.80. The van der Waals surface area contributed by atoms with Gasteiger partial charge in [-0.2, -0.15) is 13.9 Å². The van der Waals surface area contributed by atoms with Crippen LogP contribution in [0, 0.1) is 5.82 Å². The average molecular weight is 426 g/mol. The standard InChI is InChI=1S/C19H21F3N4O4/c1-25-10-13(9-23-25)24-16(28)12-2-3-15(20)14(8-12)19(21,22)17(29)26-6-4-18(30,11-27)5-7-26/h2-3,8-10,27,30H,4-7,11H2,1H3,(H,24,28). The lowest BCUT2D eigenvalue weighted by atomic mass is 9.91. The van der Waals surface area contributed by atoms with Crippen LogP contribution < -0.4 is 5.32 Å². The van der Waals surface area contributed by atoms with E-state index in [-0.39, 0.29) is 31.5 Å². The van der Waals surface area contributed by atoms with E-state index in [0.29, 0.717) is 17.8 Å². The van der Waals surface area contributed by atoms with Gasteiger partial charge in [0.1, 0.15) is 5.82 Å². The topological polar surface area (TPSA) is 108 Å². The van der Waals surface area contributed by atoms with Crippen LogP contribution >= 0.6 is 0 Å². The van der Waals surface area contributed by atoms with Crippen molar-refractivity contribution in [2.24, 2.45) is 7.05 Å². The summed E-state index contributed by atoms with van der Waals surface area (Å²) in [5.74, 6) is -7.94. The lowest BCUT2D eigenvalue weighted by Crippen LogP contribution is -2.52. The van der Waals surface area contributed by atoms with E-state index in [9.17, 15) is 27.9 Å². The molecule has 2 amide bonds. The molecule has 1 fully saturated rings. The Hall–Kier alpha value is -2.92. The largest absolute Gasteiger partial charge is 0.393 e. The van der Waals surface area contributed by atoms with E-state index >= 15 is 0 Å². The van der Waals surface area contributed by atoms with Gasteiger partial charge in [-0.25, -0.2) is 4.39 Å². The number of aryl methyl sites for hydroxylation is 1. The van der Waals surface area contributed by atoms with Crippen LogP contribution in [0.5, 0.6) is 0 Å². The van der Waals surface area contributed by atoms with Crippen molar-refractivity contribution >= 4 is 17.5 Å². The van der Waals surface area contributed by atoms with E-state index < -0.39 is 41.3 Å². The van der Waals surface area contributed by atoms with Gasteiger partial charge in [-0.3, -0.25) is 14.3 Å². The molecule has 30 heavy (non-hydrogen) atoms. The number of halogens is 3. The number of aliphatic hydroxyl groups is 2. The Morgan fingerprint density at radius 2 is 1.97 bits per heavy atom. The third-order valence-corrected chi connectivity index (χ3v) is 5.07. The normalized spacial score (nSPS) is 16.4. The molecule has 162 valence electrons. The molecule has 0 radical (unpaired) electrons. The molecule has 1 aliphatic heterocycles. The molecule has 1 aromatic heterocycles. The van der Waals surface area contributed by atoms with Gasteiger partial charge in [0.05, 0.1) is 29.7 Å². The number of anilines is 1. The molecule has 1 aromatic carbocycles. The number of carbonyl (C=O) groups is 2. The highest BCUT2D eigenvalue weighted by molar-refractivity contribution is 6.04. The Kier molecular flexibility index (Phi) is 5.86. The van der Waals surface area contributed by atoms with Crippen molar-refractivity contribution in [3.63, 3.8) is 0 Å². The third-order valence-electron chi connectivity index (χ3n) is 5.07.